The summed E-state index contributed by atoms with van der Waals surface area (Å²) in [4.78, 5) is 13.4. The van der Waals surface area contributed by atoms with Crippen molar-refractivity contribution in [1.82, 2.24) is 0 Å². The van der Waals surface area contributed by atoms with E-state index in [1.165, 1.54) is 26.4 Å². The average Bonchev–Trinajstić information content (AvgIpc) is 2.68. The second-order valence-corrected chi connectivity index (χ2v) is 7.49. The van der Waals surface area contributed by atoms with Crippen LogP contribution in [-0.2, 0) is 4.74 Å². The summed E-state index contributed by atoms with van der Waals surface area (Å²) in [5.41, 5.74) is 0.0832. The Labute approximate surface area is 165 Å². The van der Waals surface area contributed by atoms with Gasteiger partial charge in [0.05, 0.1) is 25.9 Å². The minimum Gasteiger partial charge on any atom is -0.506 e. The molecule has 2 aliphatic rings. The summed E-state index contributed by atoms with van der Waals surface area (Å²) in [6.07, 6.45) is 1.80. The van der Waals surface area contributed by atoms with Crippen LogP contribution in [0.3, 0.4) is 0 Å². The van der Waals surface area contributed by atoms with Gasteiger partial charge in [0, 0.05) is 13.3 Å². The molecule has 3 aromatic rings. The highest BCUT2D eigenvalue weighted by atomic mass is 16.7. The Bertz CT molecular complexity index is 1230. The summed E-state index contributed by atoms with van der Waals surface area (Å²) in [6, 6.07) is 2.83. The molecule has 2 aliphatic heterocycles. The predicted octanol–water partition coefficient (Wildman–Crippen LogP) is 3.72. The molecule has 3 heterocycles. The molecule has 2 N–H and O–H groups in total. The van der Waals surface area contributed by atoms with Crippen LogP contribution in [0.15, 0.2) is 21.3 Å². The molecule has 0 amide bonds. The Hall–Kier alpha value is -3.13. The van der Waals surface area contributed by atoms with Crippen LogP contribution in [-0.4, -0.2) is 30.2 Å². The lowest BCUT2D eigenvalue weighted by atomic mass is 9.91. The Morgan fingerprint density at radius 3 is 2.62 bits per heavy atom. The number of rotatable bonds is 2. The van der Waals surface area contributed by atoms with E-state index in [0.29, 0.717) is 24.2 Å². The molecule has 0 saturated carbocycles. The zero-order chi connectivity index (χ0) is 20.5. The van der Waals surface area contributed by atoms with Crippen molar-refractivity contribution in [2.75, 3.05) is 14.2 Å². The van der Waals surface area contributed by atoms with Gasteiger partial charge in [-0.2, -0.15) is 0 Å². The van der Waals surface area contributed by atoms with E-state index in [0.717, 1.165) is 6.42 Å². The van der Waals surface area contributed by atoms with Gasteiger partial charge in [-0.15, -0.1) is 0 Å². The average molecular weight is 400 g/mol. The first-order valence-corrected chi connectivity index (χ1v) is 9.34. The van der Waals surface area contributed by atoms with Gasteiger partial charge >= 0.3 is 0 Å². The first kappa shape index (κ1) is 17.9. The fourth-order valence-corrected chi connectivity index (χ4v) is 4.40. The van der Waals surface area contributed by atoms with E-state index in [-0.39, 0.29) is 44.9 Å². The van der Waals surface area contributed by atoms with E-state index in [9.17, 15) is 15.0 Å². The second-order valence-electron chi connectivity index (χ2n) is 7.49. The van der Waals surface area contributed by atoms with Crippen LogP contribution in [0.4, 0.5) is 0 Å². The number of methoxy groups -OCH3 is 2. The van der Waals surface area contributed by atoms with Gasteiger partial charge in [-0.1, -0.05) is 0 Å². The van der Waals surface area contributed by atoms with Crippen LogP contribution in [0.25, 0.3) is 21.9 Å². The Kier molecular flexibility index (Phi) is 3.67. The largest absolute Gasteiger partial charge is 0.506 e. The smallest absolute Gasteiger partial charge is 0.208 e. The fourth-order valence-electron chi connectivity index (χ4n) is 4.40. The van der Waals surface area contributed by atoms with Crippen LogP contribution < -0.4 is 19.6 Å². The number of benzene rings is 2. The van der Waals surface area contributed by atoms with Gasteiger partial charge in [0.25, 0.3) is 0 Å². The highest BCUT2D eigenvalue weighted by Crippen LogP contribution is 2.56. The molecule has 1 aromatic heterocycles. The minimum absolute atomic E-state index is 0.0213. The molecule has 0 aliphatic carbocycles. The van der Waals surface area contributed by atoms with E-state index >= 15 is 0 Å². The van der Waals surface area contributed by atoms with Crippen LogP contribution in [0, 0.1) is 0 Å². The monoisotopic (exact) mass is 400 g/mol. The summed E-state index contributed by atoms with van der Waals surface area (Å²) in [6.45, 7) is 1.84. The van der Waals surface area contributed by atoms with Crippen molar-refractivity contribution in [3.05, 3.63) is 27.9 Å². The van der Waals surface area contributed by atoms with Gasteiger partial charge in [-0.25, -0.2) is 0 Å². The second kappa shape index (κ2) is 5.93. The number of phenols is 2. The zero-order valence-electron chi connectivity index (χ0n) is 16.2. The fraction of sp³-hybridized carbons (Fsp3) is 0.381. The van der Waals surface area contributed by atoms with Gasteiger partial charge in [0.15, 0.2) is 22.8 Å². The molecule has 1 saturated heterocycles. The number of fused-ring (bicyclic) bond motifs is 6. The summed E-state index contributed by atoms with van der Waals surface area (Å²) >= 11 is 0. The third-order valence-electron chi connectivity index (χ3n) is 5.68. The van der Waals surface area contributed by atoms with Crippen molar-refractivity contribution in [2.45, 2.75) is 38.1 Å². The van der Waals surface area contributed by atoms with Crippen molar-refractivity contribution in [3.63, 3.8) is 0 Å². The number of hydrogen-bond acceptors (Lipinski definition) is 8. The molecule has 2 bridgehead atoms. The zero-order valence-corrected chi connectivity index (χ0v) is 16.2. The maximum atomic E-state index is 13.4. The maximum Gasteiger partial charge on any atom is 0.208 e. The van der Waals surface area contributed by atoms with Gasteiger partial charge in [-0.05, 0) is 25.0 Å². The third kappa shape index (κ3) is 2.32. The van der Waals surface area contributed by atoms with Gasteiger partial charge in [0.1, 0.15) is 22.1 Å². The highest BCUT2D eigenvalue weighted by molar-refractivity contribution is 6.01. The molecule has 8 heteroatoms. The lowest BCUT2D eigenvalue weighted by Crippen LogP contribution is -2.43. The van der Waals surface area contributed by atoms with Crippen LogP contribution in [0.1, 0.15) is 37.9 Å². The SMILES string of the molecule is COc1c2c(c(O)c3c(=O)c4c(OC)c(O)ccc4oc13)[C@@H]1CCC[C@](C)(O2)O1. The normalized spacial score (nSPS) is 22.9. The lowest BCUT2D eigenvalue weighted by Gasteiger charge is -2.44. The predicted molar refractivity (Wildman–Crippen MR) is 103 cm³/mol. The Morgan fingerprint density at radius 2 is 1.90 bits per heavy atom. The van der Waals surface area contributed by atoms with Crippen molar-refractivity contribution in [1.29, 1.82) is 0 Å². The standard InChI is InChI=1S/C21H20O8/c1-21-8-4-5-11(28-21)13-16(24)14-15(23)12-10(7-6-9(22)17(12)25-2)27-18(14)20(26-3)19(13)29-21/h6-7,11,22,24H,4-5,8H2,1-3H3/t11-,21-/m0/s1. The molecular weight excluding hydrogens is 380 g/mol. The maximum absolute atomic E-state index is 13.4. The lowest BCUT2D eigenvalue weighted by molar-refractivity contribution is -0.243. The molecule has 0 radical (unpaired) electrons. The van der Waals surface area contributed by atoms with E-state index in [4.69, 9.17) is 23.4 Å². The van der Waals surface area contributed by atoms with Gasteiger partial charge in [0.2, 0.25) is 17.0 Å². The molecule has 152 valence electrons. The molecule has 29 heavy (non-hydrogen) atoms. The molecule has 2 atom stereocenters. The summed E-state index contributed by atoms with van der Waals surface area (Å²) in [5, 5.41) is 21.1. The summed E-state index contributed by atoms with van der Waals surface area (Å²) < 4.78 is 28.8. The Morgan fingerprint density at radius 1 is 1.14 bits per heavy atom. The number of hydrogen-bond donors (Lipinski definition) is 2. The van der Waals surface area contributed by atoms with E-state index < -0.39 is 17.3 Å². The van der Waals surface area contributed by atoms with Gasteiger partial charge in [-0.3, -0.25) is 4.79 Å². The number of ether oxygens (including phenoxy) is 4. The molecular formula is C21H20O8. The molecule has 8 nitrogen and oxygen atoms in total. The number of phenolic OH excluding ortho intramolecular Hbond substituents is 2. The van der Waals surface area contributed by atoms with Crippen molar-refractivity contribution < 1.29 is 33.6 Å². The first-order chi connectivity index (χ1) is 13.9. The molecule has 1 fully saturated rings. The third-order valence-corrected chi connectivity index (χ3v) is 5.68. The van der Waals surface area contributed by atoms with Crippen LogP contribution >= 0.6 is 0 Å². The van der Waals surface area contributed by atoms with E-state index in [1.54, 1.807) is 0 Å². The van der Waals surface area contributed by atoms with Gasteiger partial charge < -0.3 is 33.6 Å². The minimum atomic E-state index is -0.838. The van der Waals surface area contributed by atoms with Crippen LogP contribution in [0.2, 0.25) is 0 Å². The molecule has 0 unspecified atom stereocenters. The Balaban J connectivity index is 1.96. The molecule has 2 aromatic carbocycles. The van der Waals surface area contributed by atoms with Crippen LogP contribution in [0.5, 0.6) is 28.7 Å². The molecule has 0 spiro atoms. The van der Waals surface area contributed by atoms with Crippen molar-refractivity contribution in [2.24, 2.45) is 0 Å². The van der Waals surface area contributed by atoms with Crippen molar-refractivity contribution in [3.8, 4) is 28.7 Å². The molecule has 5 rings (SSSR count). The first-order valence-electron chi connectivity index (χ1n) is 9.34. The highest BCUT2D eigenvalue weighted by Gasteiger charge is 2.45. The quantitative estimate of drug-likeness (QED) is 0.627. The summed E-state index contributed by atoms with van der Waals surface area (Å²) in [7, 11) is 2.79. The summed E-state index contributed by atoms with van der Waals surface area (Å²) in [5.74, 6) is -0.789. The van der Waals surface area contributed by atoms with E-state index in [2.05, 4.69) is 0 Å². The van der Waals surface area contributed by atoms with E-state index in [1.807, 2.05) is 6.92 Å². The number of aromatic hydroxyl groups is 2. The topological polar surface area (TPSA) is 108 Å². The van der Waals surface area contributed by atoms with Crippen molar-refractivity contribution >= 4 is 21.9 Å².